The average molecular weight is 263 g/mol. The van der Waals surface area contributed by atoms with Gasteiger partial charge in [0.15, 0.2) is 0 Å². The molecular weight excluding hydrogens is 242 g/mol. The number of benzene rings is 1. The Morgan fingerprint density at radius 2 is 1.63 bits per heavy atom. The minimum atomic E-state index is -0.700. The van der Waals surface area contributed by atoms with Crippen molar-refractivity contribution in [3.05, 3.63) is 29.3 Å². The number of aryl methyl sites for hydroxylation is 2. The van der Waals surface area contributed by atoms with Crippen molar-refractivity contribution in [1.29, 1.82) is 0 Å². The van der Waals surface area contributed by atoms with E-state index in [0.717, 1.165) is 16.8 Å². The third-order valence-corrected chi connectivity index (χ3v) is 2.74. The number of primary amides is 1. The molecule has 0 radical (unpaired) electrons. The van der Waals surface area contributed by atoms with Gasteiger partial charge in [0, 0.05) is 5.69 Å². The van der Waals surface area contributed by atoms with E-state index in [1.54, 1.807) is 0 Å². The van der Waals surface area contributed by atoms with Gasteiger partial charge < -0.3 is 16.4 Å². The quantitative estimate of drug-likeness (QED) is 0.775. The van der Waals surface area contributed by atoms with Gasteiger partial charge in [-0.05, 0) is 43.0 Å². The van der Waals surface area contributed by atoms with Crippen molar-refractivity contribution < 1.29 is 9.59 Å². The van der Waals surface area contributed by atoms with E-state index < -0.39 is 12.1 Å². The second kappa shape index (κ2) is 6.22. The highest BCUT2D eigenvalue weighted by molar-refractivity contribution is 5.97. The van der Waals surface area contributed by atoms with Gasteiger partial charge in [0.2, 0.25) is 5.91 Å². The van der Waals surface area contributed by atoms with Gasteiger partial charge in [0.25, 0.3) is 0 Å². The molecule has 0 spiro atoms. The van der Waals surface area contributed by atoms with Crippen LogP contribution in [-0.4, -0.2) is 18.0 Å². The van der Waals surface area contributed by atoms with Gasteiger partial charge in [-0.3, -0.25) is 4.79 Å². The van der Waals surface area contributed by atoms with Gasteiger partial charge in [-0.2, -0.15) is 0 Å². The molecule has 0 aliphatic heterocycles. The number of amides is 3. The van der Waals surface area contributed by atoms with Gasteiger partial charge in [0.05, 0.1) is 0 Å². The maximum Gasteiger partial charge on any atom is 0.312 e. The first-order chi connectivity index (χ1) is 8.79. The molecule has 0 fully saturated rings. The summed E-state index contributed by atoms with van der Waals surface area (Å²) in [7, 11) is 0. The van der Waals surface area contributed by atoms with Crippen LogP contribution in [0.15, 0.2) is 18.2 Å². The van der Waals surface area contributed by atoms with E-state index in [-0.39, 0.29) is 11.8 Å². The van der Waals surface area contributed by atoms with Crippen molar-refractivity contribution in [2.24, 2.45) is 11.7 Å². The Morgan fingerprint density at radius 1 is 1.11 bits per heavy atom. The number of hydrogen-bond acceptors (Lipinski definition) is 2. The molecule has 1 atom stereocenters. The van der Waals surface area contributed by atoms with Crippen LogP contribution in [0.5, 0.6) is 0 Å². The molecule has 0 saturated heterocycles. The van der Waals surface area contributed by atoms with Crippen LogP contribution >= 0.6 is 0 Å². The number of carbonyl (C=O) groups excluding carboxylic acids is 2. The molecule has 5 nitrogen and oxygen atoms in total. The minimum Gasteiger partial charge on any atom is -0.352 e. The van der Waals surface area contributed by atoms with Gasteiger partial charge >= 0.3 is 6.03 Å². The number of rotatable bonds is 4. The van der Waals surface area contributed by atoms with Gasteiger partial charge in [-0.25, -0.2) is 4.79 Å². The lowest BCUT2D eigenvalue weighted by Crippen LogP contribution is -2.49. The van der Waals surface area contributed by atoms with E-state index in [2.05, 4.69) is 10.6 Å². The van der Waals surface area contributed by atoms with E-state index in [1.807, 2.05) is 45.9 Å². The Labute approximate surface area is 113 Å². The molecule has 0 heterocycles. The molecule has 1 unspecified atom stereocenters. The zero-order valence-corrected chi connectivity index (χ0v) is 11.8. The summed E-state index contributed by atoms with van der Waals surface area (Å²) in [6.07, 6.45) is 0. The second-order valence-corrected chi connectivity index (χ2v) is 5.10. The standard InChI is InChI=1S/C14H21N3O2/c1-8(2)12(17-14(15)19)13(18)16-11-6-9(3)5-10(4)7-11/h5-8,12H,1-4H3,(H,16,18)(H3,15,17,19). The first kappa shape index (κ1) is 15.0. The Bertz CT molecular complexity index is 463. The lowest BCUT2D eigenvalue weighted by molar-refractivity contribution is -0.118. The van der Waals surface area contributed by atoms with Crippen LogP contribution in [0.4, 0.5) is 10.5 Å². The fraction of sp³-hybridized carbons (Fsp3) is 0.429. The molecule has 3 amide bonds. The molecule has 1 rings (SSSR count). The summed E-state index contributed by atoms with van der Waals surface area (Å²) in [5.41, 5.74) is 7.94. The molecule has 4 N–H and O–H groups in total. The van der Waals surface area contributed by atoms with Crippen molar-refractivity contribution in [1.82, 2.24) is 5.32 Å². The summed E-state index contributed by atoms with van der Waals surface area (Å²) in [4.78, 5) is 23.0. The van der Waals surface area contributed by atoms with Crippen molar-refractivity contribution in [3.8, 4) is 0 Å². The first-order valence-electron chi connectivity index (χ1n) is 6.24. The third-order valence-electron chi connectivity index (χ3n) is 2.74. The molecule has 19 heavy (non-hydrogen) atoms. The number of carbonyl (C=O) groups is 2. The summed E-state index contributed by atoms with van der Waals surface area (Å²) in [5, 5.41) is 5.26. The lowest BCUT2D eigenvalue weighted by Gasteiger charge is -2.20. The molecule has 104 valence electrons. The lowest BCUT2D eigenvalue weighted by atomic mass is 10.0. The van der Waals surface area contributed by atoms with Crippen LogP contribution in [0.1, 0.15) is 25.0 Å². The number of nitrogens with one attached hydrogen (secondary N) is 2. The topological polar surface area (TPSA) is 84.2 Å². The number of urea groups is 1. The molecule has 0 aliphatic rings. The Hall–Kier alpha value is -2.04. The van der Waals surface area contributed by atoms with Crippen LogP contribution in [0.3, 0.4) is 0 Å². The maximum absolute atomic E-state index is 12.1. The molecule has 0 aliphatic carbocycles. The number of anilines is 1. The van der Waals surface area contributed by atoms with Crippen molar-refractivity contribution in [2.75, 3.05) is 5.32 Å². The summed E-state index contributed by atoms with van der Waals surface area (Å²) >= 11 is 0. The SMILES string of the molecule is Cc1cc(C)cc(NC(=O)C(NC(N)=O)C(C)C)c1. The Kier molecular flexibility index (Phi) is 4.92. The van der Waals surface area contributed by atoms with Crippen molar-refractivity contribution in [2.45, 2.75) is 33.7 Å². The normalized spacial score (nSPS) is 12.1. The Balaban J connectivity index is 2.83. The number of nitrogens with two attached hydrogens (primary N) is 1. The summed E-state index contributed by atoms with van der Waals surface area (Å²) < 4.78 is 0. The van der Waals surface area contributed by atoms with Gasteiger partial charge in [0.1, 0.15) is 6.04 Å². The van der Waals surface area contributed by atoms with E-state index >= 15 is 0 Å². The molecule has 0 saturated carbocycles. The minimum absolute atomic E-state index is 0.0431. The number of hydrogen-bond donors (Lipinski definition) is 3. The van der Waals surface area contributed by atoms with Crippen molar-refractivity contribution in [3.63, 3.8) is 0 Å². The average Bonchev–Trinajstić information content (AvgIpc) is 2.23. The first-order valence-corrected chi connectivity index (χ1v) is 6.24. The van der Waals surface area contributed by atoms with Crippen LogP contribution in [-0.2, 0) is 4.79 Å². The molecule has 0 bridgehead atoms. The predicted octanol–water partition coefficient (Wildman–Crippen LogP) is 1.93. The summed E-state index contributed by atoms with van der Waals surface area (Å²) in [6.45, 7) is 7.62. The van der Waals surface area contributed by atoms with E-state index in [4.69, 9.17) is 5.73 Å². The van der Waals surface area contributed by atoms with Crippen LogP contribution in [0.2, 0.25) is 0 Å². The molecular formula is C14H21N3O2. The van der Waals surface area contributed by atoms with Crippen LogP contribution in [0, 0.1) is 19.8 Å². The summed E-state index contributed by atoms with van der Waals surface area (Å²) in [5.74, 6) is -0.308. The zero-order valence-electron chi connectivity index (χ0n) is 11.8. The van der Waals surface area contributed by atoms with Crippen molar-refractivity contribution >= 4 is 17.6 Å². The second-order valence-electron chi connectivity index (χ2n) is 5.10. The highest BCUT2D eigenvalue weighted by Crippen LogP contribution is 2.15. The van der Waals surface area contributed by atoms with Gasteiger partial charge in [-0.15, -0.1) is 0 Å². The molecule has 1 aromatic carbocycles. The largest absolute Gasteiger partial charge is 0.352 e. The fourth-order valence-corrected chi connectivity index (χ4v) is 1.96. The van der Waals surface area contributed by atoms with Crippen LogP contribution in [0.25, 0.3) is 0 Å². The monoisotopic (exact) mass is 263 g/mol. The van der Waals surface area contributed by atoms with Gasteiger partial charge in [-0.1, -0.05) is 19.9 Å². The van der Waals surface area contributed by atoms with E-state index in [1.165, 1.54) is 0 Å². The predicted molar refractivity (Wildman–Crippen MR) is 75.9 cm³/mol. The molecule has 0 aromatic heterocycles. The molecule has 1 aromatic rings. The summed E-state index contributed by atoms with van der Waals surface area (Å²) in [6, 6.07) is 4.45. The fourth-order valence-electron chi connectivity index (χ4n) is 1.96. The molecule has 5 heteroatoms. The van der Waals surface area contributed by atoms with E-state index in [9.17, 15) is 9.59 Å². The highest BCUT2D eigenvalue weighted by atomic mass is 16.2. The Morgan fingerprint density at radius 3 is 2.05 bits per heavy atom. The highest BCUT2D eigenvalue weighted by Gasteiger charge is 2.23. The third kappa shape index (κ3) is 4.62. The van der Waals surface area contributed by atoms with E-state index in [0.29, 0.717) is 0 Å². The smallest absolute Gasteiger partial charge is 0.312 e. The van der Waals surface area contributed by atoms with Crippen LogP contribution < -0.4 is 16.4 Å². The zero-order chi connectivity index (χ0) is 14.6. The maximum atomic E-state index is 12.1.